The Hall–Kier alpha value is -3.07. The van der Waals surface area contributed by atoms with Gasteiger partial charge >= 0.3 is 0 Å². The molecule has 226 valence electrons. The molecule has 10 heteroatoms. The molecule has 0 aliphatic carbocycles. The summed E-state index contributed by atoms with van der Waals surface area (Å²) in [6.45, 7) is 5.92. The number of sulfonamides is 1. The first kappa shape index (κ1) is 33.4. The lowest BCUT2D eigenvalue weighted by Crippen LogP contribution is -2.52. The third-order valence-corrected chi connectivity index (χ3v) is 9.01. The van der Waals surface area contributed by atoms with Gasteiger partial charge in [-0.2, -0.15) is 0 Å². The van der Waals surface area contributed by atoms with Gasteiger partial charge in [-0.3, -0.25) is 13.9 Å². The molecule has 3 aromatic rings. The van der Waals surface area contributed by atoms with Crippen molar-refractivity contribution in [2.75, 3.05) is 17.1 Å². The predicted molar refractivity (Wildman–Crippen MR) is 171 cm³/mol. The maximum Gasteiger partial charge on any atom is 0.243 e. The van der Waals surface area contributed by atoms with Crippen LogP contribution in [0, 0.1) is 6.92 Å². The minimum atomic E-state index is -3.59. The molecule has 0 aliphatic rings. The lowest BCUT2D eigenvalue weighted by atomic mass is 10.0. The molecule has 0 bridgehead atoms. The Morgan fingerprint density at radius 3 is 2.19 bits per heavy atom. The van der Waals surface area contributed by atoms with Crippen LogP contribution in [0.25, 0.3) is 0 Å². The van der Waals surface area contributed by atoms with Crippen LogP contribution in [-0.4, -0.2) is 50.0 Å². The average Bonchev–Trinajstić information content (AvgIpc) is 2.94. The predicted octanol–water partition coefficient (Wildman–Crippen LogP) is 6.40. The van der Waals surface area contributed by atoms with Gasteiger partial charge in [-0.25, -0.2) is 8.42 Å². The smallest absolute Gasteiger partial charge is 0.243 e. The van der Waals surface area contributed by atoms with Gasteiger partial charge in [0.2, 0.25) is 21.8 Å². The Morgan fingerprint density at radius 2 is 1.60 bits per heavy atom. The number of hydrogen-bond donors (Lipinski definition) is 1. The number of rotatable bonds is 14. The van der Waals surface area contributed by atoms with Crippen molar-refractivity contribution in [3.8, 4) is 0 Å². The van der Waals surface area contributed by atoms with Gasteiger partial charge in [-0.15, -0.1) is 0 Å². The normalized spacial score (nSPS) is 12.8. The van der Waals surface area contributed by atoms with Crippen molar-refractivity contribution in [2.45, 2.75) is 65.1 Å². The van der Waals surface area contributed by atoms with Crippen molar-refractivity contribution >= 4 is 50.7 Å². The first-order valence-corrected chi connectivity index (χ1v) is 16.6. The zero-order chi connectivity index (χ0) is 30.9. The molecule has 0 unspecified atom stereocenters. The van der Waals surface area contributed by atoms with Gasteiger partial charge in [-0.1, -0.05) is 78.7 Å². The molecule has 0 fully saturated rings. The molecule has 0 radical (unpaired) electrons. The number of halogens is 2. The lowest BCUT2D eigenvalue weighted by Gasteiger charge is -2.33. The first-order valence-electron chi connectivity index (χ1n) is 14.0. The highest BCUT2D eigenvalue weighted by Crippen LogP contribution is 2.28. The van der Waals surface area contributed by atoms with Crippen LogP contribution in [0.5, 0.6) is 0 Å². The molecule has 0 aromatic heterocycles. The second-order valence-corrected chi connectivity index (χ2v) is 13.2. The molecule has 0 saturated heterocycles. The zero-order valence-corrected chi connectivity index (χ0v) is 26.8. The number of carbonyl (C=O) groups is 2. The summed E-state index contributed by atoms with van der Waals surface area (Å²) in [5, 5.41) is 3.82. The van der Waals surface area contributed by atoms with E-state index in [1.54, 1.807) is 36.4 Å². The summed E-state index contributed by atoms with van der Waals surface area (Å²) in [6.07, 6.45) is 2.43. The highest BCUT2D eigenvalue weighted by Gasteiger charge is 2.32. The van der Waals surface area contributed by atoms with Crippen LogP contribution in [0.15, 0.2) is 72.8 Å². The minimum Gasteiger partial charge on any atom is -0.352 e. The molecule has 42 heavy (non-hydrogen) atoms. The van der Waals surface area contributed by atoms with Gasteiger partial charge < -0.3 is 10.2 Å². The first-order chi connectivity index (χ1) is 19.9. The molecule has 2 amide bonds. The van der Waals surface area contributed by atoms with E-state index in [1.165, 1.54) is 9.21 Å². The van der Waals surface area contributed by atoms with Crippen LogP contribution in [0.1, 0.15) is 49.8 Å². The third-order valence-electron chi connectivity index (χ3n) is 7.10. The molecule has 2 atom stereocenters. The van der Waals surface area contributed by atoms with Gasteiger partial charge in [0, 0.05) is 47.6 Å². The lowest BCUT2D eigenvalue weighted by molar-refractivity contribution is -0.141. The molecule has 0 saturated carbocycles. The highest BCUT2D eigenvalue weighted by atomic mass is 35.5. The van der Waals surface area contributed by atoms with Gasteiger partial charge in [0.15, 0.2) is 0 Å². The summed E-state index contributed by atoms with van der Waals surface area (Å²) in [5.41, 5.74) is 2.91. The van der Waals surface area contributed by atoms with Gasteiger partial charge in [-0.05, 0) is 62.1 Å². The summed E-state index contributed by atoms with van der Waals surface area (Å²) >= 11 is 13.0. The Morgan fingerprint density at radius 1 is 0.952 bits per heavy atom. The molecule has 0 spiro atoms. The van der Waals surface area contributed by atoms with Crippen LogP contribution in [0.4, 0.5) is 5.69 Å². The topological polar surface area (TPSA) is 86.8 Å². The molecule has 3 rings (SSSR count). The molecule has 0 aliphatic heterocycles. The number of amides is 2. The van der Waals surface area contributed by atoms with E-state index in [4.69, 9.17) is 23.2 Å². The number of nitrogens with zero attached hydrogens (tertiary/aromatic N) is 2. The summed E-state index contributed by atoms with van der Waals surface area (Å²) < 4.78 is 26.6. The zero-order valence-electron chi connectivity index (χ0n) is 24.5. The van der Waals surface area contributed by atoms with Gasteiger partial charge in [0.25, 0.3) is 0 Å². The van der Waals surface area contributed by atoms with Crippen LogP contribution in [0.3, 0.4) is 0 Å². The van der Waals surface area contributed by atoms with E-state index < -0.39 is 16.1 Å². The quantitative estimate of drug-likeness (QED) is 0.223. The standard InChI is InChI=1S/C32H39Cl2N3O4S/c1-5-24(3)35-32(39)30(21-25-13-7-6-8-14-25)36(22-27-28(33)16-10-17-29(27)34)31(38)18-11-19-37(42(4,40)41)26-15-9-12-23(2)20-26/h6-10,12-17,20,24,30H,5,11,18-19,21-22H2,1-4H3,(H,35,39)/t24-,30-/m1/s1. The fourth-order valence-electron chi connectivity index (χ4n) is 4.64. The SMILES string of the molecule is CC[C@@H](C)NC(=O)[C@@H](Cc1ccccc1)N(Cc1c(Cl)cccc1Cl)C(=O)CCCN(c1cccc(C)c1)S(C)(=O)=O. The van der Waals surface area contributed by atoms with Crippen LogP contribution < -0.4 is 9.62 Å². The summed E-state index contributed by atoms with van der Waals surface area (Å²) in [6, 6.07) is 20.9. The van der Waals surface area contributed by atoms with Crippen molar-refractivity contribution in [2.24, 2.45) is 0 Å². The third kappa shape index (κ3) is 9.48. The largest absolute Gasteiger partial charge is 0.352 e. The Labute approximate surface area is 259 Å². The van der Waals surface area contributed by atoms with Crippen LogP contribution in [0.2, 0.25) is 10.0 Å². The fourth-order valence-corrected chi connectivity index (χ4v) is 6.11. The summed E-state index contributed by atoms with van der Waals surface area (Å²) in [4.78, 5) is 29.2. The number of benzene rings is 3. The summed E-state index contributed by atoms with van der Waals surface area (Å²) in [5.74, 6) is -0.578. The van der Waals surface area contributed by atoms with E-state index in [-0.39, 0.29) is 50.2 Å². The minimum absolute atomic E-state index is 0.0157. The molecular formula is C32H39Cl2N3O4S. The molecule has 0 heterocycles. The molecular weight excluding hydrogens is 593 g/mol. The van der Waals surface area contributed by atoms with Crippen LogP contribution >= 0.6 is 23.2 Å². The second-order valence-electron chi connectivity index (χ2n) is 10.5. The van der Waals surface area contributed by atoms with E-state index in [9.17, 15) is 18.0 Å². The number of hydrogen-bond acceptors (Lipinski definition) is 4. The maximum absolute atomic E-state index is 14.0. The molecule has 3 aromatic carbocycles. The summed E-state index contributed by atoms with van der Waals surface area (Å²) in [7, 11) is -3.59. The second kappa shape index (κ2) is 15.4. The van der Waals surface area contributed by atoms with Crippen molar-refractivity contribution < 1.29 is 18.0 Å². The van der Waals surface area contributed by atoms with Gasteiger partial charge in [0.05, 0.1) is 11.9 Å². The van der Waals surface area contributed by atoms with E-state index >= 15 is 0 Å². The molecule has 7 nitrogen and oxygen atoms in total. The number of nitrogens with one attached hydrogen (secondary N) is 1. The van der Waals surface area contributed by atoms with Crippen LogP contribution in [-0.2, 0) is 32.6 Å². The number of carbonyl (C=O) groups excluding carboxylic acids is 2. The van der Waals surface area contributed by atoms with E-state index in [0.29, 0.717) is 21.3 Å². The van der Waals surface area contributed by atoms with Crippen molar-refractivity contribution in [3.05, 3.63) is 99.5 Å². The maximum atomic E-state index is 14.0. The Bertz CT molecular complexity index is 1450. The average molecular weight is 633 g/mol. The van der Waals surface area contributed by atoms with Crippen molar-refractivity contribution in [3.63, 3.8) is 0 Å². The fraction of sp³-hybridized carbons (Fsp3) is 0.375. The molecule has 1 N–H and O–H groups in total. The number of anilines is 1. The number of aryl methyl sites for hydroxylation is 1. The monoisotopic (exact) mass is 631 g/mol. The van der Waals surface area contributed by atoms with Crippen molar-refractivity contribution in [1.82, 2.24) is 10.2 Å². The van der Waals surface area contributed by atoms with Crippen molar-refractivity contribution in [1.29, 1.82) is 0 Å². The Balaban J connectivity index is 1.94. The van der Waals surface area contributed by atoms with E-state index in [2.05, 4.69) is 5.32 Å². The van der Waals surface area contributed by atoms with E-state index in [0.717, 1.165) is 23.8 Å². The van der Waals surface area contributed by atoms with E-state index in [1.807, 2.05) is 57.2 Å². The Kier molecular flexibility index (Phi) is 12.3. The highest BCUT2D eigenvalue weighted by molar-refractivity contribution is 7.92. The van der Waals surface area contributed by atoms with Gasteiger partial charge in [0.1, 0.15) is 6.04 Å².